The Morgan fingerprint density at radius 2 is 1.11 bits per heavy atom. The molecule has 0 radical (unpaired) electrons. The van der Waals surface area contributed by atoms with Crippen LogP contribution in [-0.2, 0) is 9.59 Å². The monoisotopic (exact) mass is 574 g/mol. The number of likely N-dealkylation sites (N-methyl/N-ethyl adjacent to an activating group) is 2. The maximum Gasteiger partial charge on any atom is 0.261 e. The highest BCUT2D eigenvalue weighted by Gasteiger charge is 2.48. The number of hydrogen-bond donors (Lipinski definition) is 0. The second-order valence-corrected chi connectivity index (χ2v) is 11.5. The van der Waals surface area contributed by atoms with Crippen molar-refractivity contribution in [1.82, 2.24) is 9.80 Å². The van der Waals surface area contributed by atoms with E-state index in [-0.39, 0.29) is 11.8 Å². The molecule has 0 aromatic heterocycles. The van der Waals surface area contributed by atoms with Gasteiger partial charge in [0.25, 0.3) is 11.8 Å². The summed E-state index contributed by atoms with van der Waals surface area (Å²) in [6.45, 7) is 9.10. The van der Waals surface area contributed by atoms with Crippen LogP contribution < -0.4 is 0 Å². The average Bonchev–Trinajstić information content (AvgIpc) is 3.51. The number of benzene rings is 5. The standard InChI is InChI=1S/C40H34N2O2/c1-5-41-37(29-20-18-28(19-21-29)32-22-17-25(3)23-26(32)4)35-36(40(41)44)38(42(6-2)39(35)43)31-14-9-13-30(24-31)34-16-10-12-27-11-7-8-15-33(27)34/h7-24H,5-6H2,1-4H3. The lowest BCUT2D eigenvalue weighted by molar-refractivity contribution is -0.124. The molecule has 0 spiro atoms. The lowest BCUT2D eigenvalue weighted by Crippen LogP contribution is -2.29. The van der Waals surface area contributed by atoms with Crippen molar-refractivity contribution in [2.24, 2.45) is 0 Å². The van der Waals surface area contributed by atoms with Gasteiger partial charge in [-0.25, -0.2) is 0 Å². The molecule has 0 bridgehead atoms. The van der Waals surface area contributed by atoms with Crippen LogP contribution in [0.15, 0.2) is 120 Å². The van der Waals surface area contributed by atoms with Gasteiger partial charge in [-0.1, -0.05) is 109 Å². The molecule has 5 aromatic carbocycles. The molecule has 0 atom stereocenters. The van der Waals surface area contributed by atoms with Crippen LogP contribution in [0, 0.1) is 13.8 Å². The Hall–Kier alpha value is -5.22. The number of rotatable bonds is 6. The maximum absolute atomic E-state index is 14.1. The highest BCUT2D eigenvalue weighted by Crippen LogP contribution is 2.47. The molecule has 2 aliphatic heterocycles. The van der Waals surface area contributed by atoms with Crippen LogP contribution in [0.3, 0.4) is 0 Å². The zero-order valence-electron chi connectivity index (χ0n) is 25.5. The van der Waals surface area contributed by atoms with E-state index in [1.54, 1.807) is 9.80 Å². The largest absolute Gasteiger partial charge is 0.307 e. The van der Waals surface area contributed by atoms with Crippen molar-refractivity contribution in [2.45, 2.75) is 27.7 Å². The molecule has 0 aliphatic carbocycles. The number of hydrogen-bond acceptors (Lipinski definition) is 2. The van der Waals surface area contributed by atoms with Crippen molar-refractivity contribution in [2.75, 3.05) is 13.1 Å². The SMILES string of the molecule is CCN1C(=O)C2=C(c3cccc(-c4cccc5ccccc45)c3)N(CC)C(=O)C2=C1c1ccc(-c2ccc(C)cc2C)cc1. The van der Waals surface area contributed by atoms with E-state index < -0.39 is 0 Å². The summed E-state index contributed by atoms with van der Waals surface area (Å²) in [6, 6.07) is 37.6. The maximum atomic E-state index is 14.1. The van der Waals surface area contributed by atoms with Gasteiger partial charge in [0.2, 0.25) is 0 Å². The molecule has 7 rings (SSSR count). The Morgan fingerprint density at radius 1 is 0.523 bits per heavy atom. The summed E-state index contributed by atoms with van der Waals surface area (Å²) in [4.78, 5) is 31.8. The topological polar surface area (TPSA) is 40.6 Å². The van der Waals surface area contributed by atoms with Crippen molar-refractivity contribution in [3.8, 4) is 22.3 Å². The summed E-state index contributed by atoms with van der Waals surface area (Å²) in [5.74, 6) is -0.239. The van der Waals surface area contributed by atoms with E-state index in [4.69, 9.17) is 0 Å². The number of carbonyl (C=O) groups is 2. The molecular weight excluding hydrogens is 540 g/mol. The number of nitrogens with zero attached hydrogens (tertiary/aromatic N) is 2. The Kier molecular flexibility index (Phi) is 6.78. The van der Waals surface area contributed by atoms with E-state index >= 15 is 0 Å². The van der Waals surface area contributed by atoms with Gasteiger partial charge < -0.3 is 9.80 Å². The summed E-state index contributed by atoms with van der Waals surface area (Å²) in [7, 11) is 0. The van der Waals surface area contributed by atoms with Crippen molar-refractivity contribution in [3.05, 3.63) is 143 Å². The Balaban J connectivity index is 1.37. The summed E-state index contributed by atoms with van der Waals surface area (Å²) in [6.07, 6.45) is 0. The quantitative estimate of drug-likeness (QED) is 0.204. The van der Waals surface area contributed by atoms with E-state index in [1.807, 2.05) is 44.2 Å². The fourth-order valence-electron chi connectivity index (χ4n) is 6.86. The smallest absolute Gasteiger partial charge is 0.261 e. The lowest BCUT2D eigenvalue weighted by Gasteiger charge is -2.24. The molecule has 5 aromatic rings. The van der Waals surface area contributed by atoms with E-state index in [2.05, 4.69) is 92.7 Å². The Labute approximate surface area is 258 Å². The molecule has 2 amide bonds. The molecule has 44 heavy (non-hydrogen) atoms. The third kappa shape index (κ3) is 4.29. The van der Waals surface area contributed by atoms with Crippen molar-refractivity contribution in [1.29, 1.82) is 0 Å². The number of amides is 2. The molecule has 0 unspecified atom stereocenters. The lowest BCUT2D eigenvalue weighted by atomic mass is 9.95. The normalized spacial score (nSPS) is 14.8. The molecule has 4 nitrogen and oxygen atoms in total. The fraction of sp³-hybridized carbons (Fsp3) is 0.150. The molecule has 0 saturated carbocycles. The Morgan fingerprint density at radius 3 is 1.80 bits per heavy atom. The van der Waals surface area contributed by atoms with Gasteiger partial charge in [0.1, 0.15) is 0 Å². The third-order valence-electron chi connectivity index (χ3n) is 8.90. The van der Waals surface area contributed by atoms with Crippen LogP contribution in [0.2, 0.25) is 0 Å². The summed E-state index contributed by atoms with van der Waals surface area (Å²) in [5, 5.41) is 2.34. The number of fused-ring (bicyclic) bond motifs is 2. The minimum Gasteiger partial charge on any atom is -0.307 e. The molecule has 0 fully saturated rings. The number of carbonyl (C=O) groups excluding carboxylic acids is 2. The molecule has 216 valence electrons. The zero-order chi connectivity index (χ0) is 30.5. The average molecular weight is 575 g/mol. The van der Waals surface area contributed by atoms with E-state index in [0.29, 0.717) is 35.6 Å². The highest BCUT2D eigenvalue weighted by molar-refractivity contribution is 6.30. The van der Waals surface area contributed by atoms with E-state index in [1.165, 1.54) is 27.5 Å². The third-order valence-corrected chi connectivity index (χ3v) is 8.90. The predicted molar refractivity (Wildman–Crippen MR) is 179 cm³/mol. The first-order valence-corrected chi connectivity index (χ1v) is 15.3. The van der Waals surface area contributed by atoms with Crippen LogP contribution >= 0.6 is 0 Å². The second kappa shape index (κ2) is 10.8. The summed E-state index contributed by atoms with van der Waals surface area (Å²) in [5.41, 5.74) is 11.0. The van der Waals surface area contributed by atoms with Crippen LogP contribution in [-0.4, -0.2) is 34.7 Å². The van der Waals surface area contributed by atoms with Gasteiger partial charge in [-0.05, 0) is 83.5 Å². The first kappa shape index (κ1) is 27.6. The zero-order valence-corrected chi connectivity index (χ0v) is 25.5. The van der Waals surface area contributed by atoms with Crippen molar-refractivity contribution in [3.63, 3.8) is 0 Å². The predicted octanol–water partition coefficient (Wildman–Crippen LogP) is 8.64. The van der Waals surface area contributed by atoms with Crippen molar-refractivity contribution < 1.29 is 9.59 Å². The minimum absolute atomic E-state index is 0.120. The van der Waals surface area contributed by atoms with Gasteiger partial charge in [0.15, 0.2) is 0 Å². The van der Waals surface area contributed by atoms with Gasteiger partial charge in [-0.2, -0.15) is 0 Å². The van der Waals surface area contributed by atoms with Crippen LogP contribution in [0.5, 0.6) is 0 Å². The van der Waals surface area contributed by atoms with Crippen molar-refractivity contribution >= 4 is 34.0 Å². The second-order valence-electron chi connectivity index (χ2n) is 11.5. The molecule has 0 saturated heterocycles. The molecule has 4 heteroatoms. The highest BCUT2D eigenvalue weighted by atomic mass is 16.2. The summed E-state index contributed by atoms with van der Waals surface area (Å²) < 4.78 is 0. The van der Waals surface area contributed by atoms with E-state index in [0.717, 1.165) is 27.8 Å². The Bertz CT molecular complexity index is 2040. The van der Waals surface area contributed by atoms with Gasteiger partial charge in [0, 0.05) is 13.1 Å². The summed E-state index contributed by atoms with van der Waals surface area (Å²) >= 11 is 0. The van der Waals surface area contributed by atoms with Gasteiger partial charge in [0.05, 0.1) is 22.5 Å². The fourth-order valence-corrected chi connectivity index (χ4v) is 6.86. The van der Waals surface area contributed by atoms with Crippen LogP contribution in [0.25, 0.3) is 44.4 Å². The van der Waals surface area contributed by atoms with Gasteiger partial charge >= 0.3 is 0 Å². The first-order chi connectivity index (χ1) is 21.4. The molecular formula is C40H34N2O2. The molecule has 2 heterocycles. The number of aryl methyl sites for hydroxylation is 2. The van der Waals surface area contributed by atoms with Gasteiger partial charge in [-0.3, -0.25) is 9.59 Å². The van der Waals surface area contributed by atoms with Gasteiger partial charge in [-0.15, -0.1) is 0 Å². The molecule has 0 N–H and O–H groups in total. The first-order valence-electron chi connectivity index (χ1n) is 15.3. The van der Waals surface area contributed by atoms with Crippen LogP contribution in [0.1, 0.15) is 36.1 Å². The van der Waals surface area contributed by atoms with E-state index in [9.17, 15) is 9.59 Å². The molecule has 2 aliphatic rings. The minimum atomic E-state index is -0.120. The van der Waals surface area contributed by atoms with Crippen LogP contribution in [0.4, 0.5) is 0 Å².